The van der Waals surface area contributed by atoms with Gasteiger partial charge >= 0.3 is 7.82 Å². The topological polar surface area (TPSA) is 44.8 Å². The molecule has 0 aliphatic rings. The maximum Gasteiger partial charge on any atom is 0.530 e. The molecule has 0 aliphatic carbocycles. The van der Waals surface area contributed by atoms with Crippen LogP contribution in [0.25, 0.3) is 0 Å². The number of phosphoric acid groups is 1. The summed E-state index contributed by atoms with van der Waals surface area (Å²) in [5, 5.41) is 0. The molecule has 0 atom stereocenters. The average molecular weight is 310 g/mol. The van der Waals surface area contributed by atoms with Gasteiger partial charge in [-0.25, -0.2) is 4.57 Å². The number of hydrogen-bond donors (Lipinski definition) is 0. The van der Waals surface area contributed by atoms with E-state index < -0.39 is 7.82 Å². The van der Waals surface area contributed by atoms with Gasteiger partial charge in [-0.05, 0) is 15.9 Å². The lowest BCUT2D eigenvalue weighted by Gasteiger charge is -2.12. The van der Waals surface area contributed by atoms with Crippen molar-refractivity contribution >= 4 is 39.7 Å². The Labute approximate surface area is 81.8 Å². The Hall–Kier alpha value is 0.650. The van der Waals surface area contributed by atoms with Crippen molar-refractivity contribution in [2.45, 2.75) is 0 Å². The third-order valence-corrected chi connectivity index (χ3v) is 3.72. The van der Waals surface area contributed by atoms with E-state index in [2.05, 4.69) is 40.9 Å². The Morgan fingerprint density at radius 3 is 2.18 bits per heavy atom. The van der Waals surface area contributed by atoms with Gasteiger partial charge < -0.3 is 4.52 Å². The summed E-state index contributed by atoms with van der Waals surface area (Å²) in [6.45, 7) is 0. The molecule has 0 N–H and O–H groups in total. The van der Waals surface area contributed by atoms with Gasteiger partial charge in [-0.1, -0.05) is 15.9 Å². The van der Waals surface area contributed by atoms with Crippen LogP contribution in [-0.2, 0) is 18.1 Å². The first kappa shape index (κ1) is 11.6. The smallest absolute Gasteiger partial charge is 0.396 e. The lowest BCUT2D eigenvalue weighted by atomic mass is 11.2. The van der Waals surface area contributed by atoms with E-state index in [1.54, 1.807) is 0 Å². The number of hydrogen-bond acceptors (Lipinski definition) is 4. The second-order valence-electron chi connectivity index (χ2n) is 1.32. The van der Waals surface area contributed by atoms with Crippen molar-refractivity contribution in [3.63, 3.8) is 0 Å². The van der Waals surface area contributed by atoms with E-state index in [1.807, 2.05) is 0 Å². The molecule has 0 radical (unpaired) electrons. The highest BCUT2D eigenvalue weighted by atomic mass is 79.9. The van der Waals surface area contributed by atoms with Crippen LogP contribution in [0.15, 0.2) is 9.65 Å². The van der Waals surface area contributed by atoms with Gasteiger partial charge in [0.1, 0.15) is 0 Å². The minimum Gasteiger partial charge on any atom is -0.396 e. The molecule has 4 nitrogen and oxygen atoms in total. The van der Waals surface area contributed by atoms with Crippen molar-refractivity contribution in [2.75, 3.05) is 14.2 Å². The molecule has 0 bridgehead atoms. The van der Waals surface area contributed by atoms with Gasteiger partial charge in [-0.15, -0.1) is 0 Å². The molecule has 66 valence electrons. The summed E-state index contributed by atoms with van der Waals surface area (Å²) in [6, 6.07) is 0. The van der Waals surface area contributed by atoms with Crippen LogP contribution < -0.4 is 0 Å². The Bertz CT molecular complexity index is 185. The first-order valence-electron chi connectivity index (χ1n) is 2.45. The summed E-state index contributed by atoms with van der Waals surface area (Å²) >= 11 is 5.91. The molecule has 0 aliphatic heterocycles. The summed E-state index contributed by atoms with van der Waals surface area (Å²) in [6.07, 6.45) is 0. The van der Waals surface area contributed by atoms with Crippen LogP contribution in [0, 0.1) is 0 Å². The molecule has 0 unspecified atom stereocenters. The fourth-order valence-electron chi connectivity index (χ4n) is 0.276. The number of phosphoric ester groups is 1. The van der Waals surface area contributed by atoms with Gasteiger partial charge in [0, 0.05) is 19.2 Å². The van der Waals surface area contributed by atoms with E-state index in [9.17, 15) is 4.57 Å². The first-order chi connectivity index (χ1) is 5.08. The highest BCUT2D eigenvalue weighted by Crippen LogP contribution is 2.50. The maximum absolute atomic E-state index is 11.2. The van der Waals surface area contributed by atoms with E-state index >= 15 is 0 Å². The van der Waals surface area contributed by atoms with Crippen molar-refractivity contribution in [3.05, 3.63) is 9.65 Å². The van der Waals surface area contributed by atoms with Crippen molar-refractivity contribution in [1.82, 2.24) is 0 Å². The van der Waals surface area contributed by atoms with E-state index in [0.29, 0.717) is 0 Å². The second-order valence-corrected chi connectivity index (χ2v) is 4.36. The van der Waals surface area contributed by atoms with Crippen LogP contribution in [0.5, 0.6) is 0 Å². The maximum atomic E-state index is 11.2. The zero-order valence-electron chi connectivity index (χ0n) is 5.91. The average Bonchev–Trinajstić information content (AvgIpc) is 2.04. The molecule has 0 saturated heterocycles. The Kier molecular flexibility index (Phi) is 5.64. The van der Waals surface area contributed by atoms with Gasteiger partial charge in [-0.3, -0.25) is 9.05 Å². The molecular formula is C4H7Br2O4P. The summed E-state index contributed by atoms with van der Waals surface area (Å²) in [5.74, 6) is 0. The van der Waals surface area contributed by atoms with Crippen molar-refractivity contribution in [2.24, 2.45) is 0 Å². The molecule has 0 fully saturated rings. The molecule has 0 heterocycles. The molecule has 0 aromatic rings. The van der Waals surface area contributed by atoms with Crippen LogP contribution in [0.4, 0.5) is 0 Å². The predicted octanol–water partition coefficient (Wildman–Crippen LogP) is 2.99. The first-order valence-corrected chi connectivity index (χ1v) is 5.62. The van der Waals surface area contributed by atoms with Crippen LogP contribution in [-0.4, -0.2) is 14.2 Å². The fraction of sp³-hybridized carbons (Fsp3) is 0.500. The molecule has 0 saturated carbocycles. The minimum absolute atomic E-state index is 0.240. The largest absolute Gasteiger partial charge is 0.530 e. The van der Waals surface area contributed by atoms with Crippen LogP contribution in [0.1, 0.15) is 0 Å². The SMILES string of the molecule is COP(=O)(OC)OC(Br)=CBr. The second kappa shape index (κ2) is 5.32. The van der Waals surface area contributed by atoms with E-state index in [4.69, 9.17) is 4.52 Å². The lowest BCUT2D eigenvalue weighted by molar-refractivity contribution is 0.192. The molecule has 11 heavy (non-hydrogen) atoms. The molecule has 0 spiro atoms. The number of halogens is 2. The molecule has 0 amide bonds. The van der Waals surface area contributed by atoms with Crippen molar-refractivity contribution in [3.8, 4) is 0 Å². The van der Waals surface area contributed by atoms with E-state index in [-0.39, 0.29) is 4.67 Å². The Balaban J connectivity index is 4.20. The highest BCUT2D eigenvalue weighted by molar-refractivity contribution is 9.13. The van der Waals surface area contributed by atoms with E-state index in [1.165, 1.54) is 19.2 Å². The van der Waals surface area contributed by atoms with Gasteiger partial charge in [-0.2, -0.15) is 0 Å². The Morgan fingerprint density at radius 1 is 1.45 bits per heavy atom. The zero-order chi connectivity index (χ0) is 8.91. The molecule has 0 aromatic carbocycles. The van der Waals surface area contributed by atoms with Gasteiger partial charge in [0.25, 0.3) is 0 Å². The normalized spacial score (nSPS) is 13.3. The van der Waals surface area contributed by atoms with Crippen LogP contribution in [0.3, 0.4) is 0 Å². The van der Waals surface area contributed by atoms with Crippen molar-refractivity contribution < 1.29 is 18.1 Å². The minimum atomic E-state index is -3.40. The Morgan fingerprint density at radius 2 is 1.91 bits per heavy atom. The summed E-state index contributed by atoms with van der Waals surface area (Å²) < 4.78 is 25.1. The monoisotopic (exact) mass is 308 g/mol. The standard InChI is InChI=1S/C4H7Br2O4P/c1-8-11(7,9-2)10-4(6)3-5/h3H,1-2H3. The van der Waals surface area contributed by atoms with Crippen molar-refractivity contribution in [1.29, 1.82) is 0 Å². The molecule has 0 rings (SSSR count). The predicted molar refractivity (Wildman–Crippen MR) is 48.6 cm³/mol. The van der Waals surface area contributed by atoms with Gasteiger partial charge in [0.2, 0.25) is 0 Å². The zero-order valence-corrected chi connectivity index (χ0v) is 9.98. The molecular weight excluding hydrogens is 303 g/mol. The van der Waals surface area contributed by atoms with Gasteiger partial charge in [0.15, 0.2) is 4.67 Å². The highest BCUT2D eigenvalue weighted by Gasteiger charge is 2.24. The fourth-order valence-corrected chi connectivity index (χ4v) is 1.61. The van der Waals surface area contributed by atoms with Crippen LogP contribution in [0.2, 0.25) is 0 Å². The summed E-state index contributed by atoms with van der Waals surface area (Å²) in [4.78, 5) is 1.40. The van der Waals surface area contributed by atoms with Gasteiger partial charge in [0.05, 0.1) is 0 Å². The number of rotatable bonds is 4. The quantitative estimate of drug-likeness (QED) is 0.591. The van der Waals surface area contributed by atoms with Crippen LogP contribution >= 0.6 is 39.7 Å². The van der Waals surface area contributed by atoms with E-state index in [0.717, 1.165) is 0 Å². The summed E-state index contributed by atoms with van der Waals surface area (Å²) in [7, 11) is -0.929. The molecule has 0 aromatic heterocycles. The third kappa shape index (κ3) is 4.28. The summed E-state index contributed by atoms with van der Waals surface area (Å²) in [5.41, 5.74) is 0. The molecule has 7 heteroatoms. The third-order valence-electron chi connectivity index (χ3n) is 0.732. The lowest BCUT2D eigenvalue weighted by Crippen LogP contribution is -1.91.